The zero-order chi connectivity index (χ0) is 17.3. The van der Waals surface area contributed by atoms with Crippen molar-refractivity contribution in [3.8, 4) is 11.5 Å². The summed E-state index contributed by atoms with van der Waals surface area (Å²) in [7, 11) is 0. The molecular weight excluding hydrogens is 442 g/mol. The van der Waals surface area contributed by atoms with Crippen molar-refractivity contribution in [2.45, 2.75) is 6.54 Å². The number of nitro benzene ring substituents is 1. The molecule has 0 aliphatic heterocycles. The van der Waals surface area contributed by atoms with Gasteiger partial charge in [-0.1, -0.05) is 6.07 Å². The Bertz CT molecular complexity index is 924. The van der Waals surface area contributed by atoms with E-state index in [-0.39, 0.29) is 5.69 Å². The monoisotopic (exact) mass is 451 g/mol. The second-order valence-electron chi connectivity index (χ2n) is 4.96. The van der Waals surface area contributed by atoms with Gasteiger partial charge in [0.25, 0.3) is 5.69 Å². The van der Waals surface area contributed by atoms with Gasteiger partial charge in [0, 0.05) is 24.1 Å². The van der Waals surface area contributed by atoms with Gasteiger partial charge >= 0.3 is 0 Å². The highest BCUT2D eigenvalue weighted by Crippen LogP contribution is 2.40. The molecule has 0 unspecified atom stereocenters. The third-order valence-electron chi connectivity index (χ3n) is 3.34. The number of fused-ring (bicyclic) bond motifs is 1. The second-order valence-corrected chi connectivity index (χ2v) is 6.67. The van der Waals surface area contributed by atoms with Gasteiger partial charge in [0.1, 0.15) is 5.75 Å². The molecule has 1 aromatic heterocycles. The molecular formula is C16H11Br2N3O3. The first-order valence-electron chi connectivity index (χ1n) is 6.89. The molecule has 122 valence electrons. The molecule has 0 spiro atoms. The van der Waals surface area contributed by atoms with Crippen molar-refractivity contribution >= 4 is 48.5 Å². The molecule has 0 bridgehead atoms. The Kier molecular flexibility index (Phi) is 4.79. The minimum atomic E-state index is -0.462. The number of ether oxygens (including phenoxy) is 1. The molecule has 0 amide bonds. The second kappa shape index (κ2) is 6.84. The van der Waals surface area contributed by atoms with Crippen molar-refractivity contribution < 1.29 is 9.66 Å². The first-order chi connectivity index (χ1) is 11.5. The van der Waals surface area contributed by atoms with Crippen LogP contribution in [0.15, 0.2) is 51.4 Å². The third kappa shape index (κ3) is 3.40. The van der Waals surface area contributed by atoms with Crippen molar-refractivity contribution in [3.63, 3.8) is 0 Å². The van der Waals surface area contributed by atoms with Crippen LogP contribution < -0.4 is 10.5 Å². The van der Waals surface area contributed by atoms with Crippen LogP contribution in [0, 0.1) is 10.1 Å². The summed E-state index contributed by atoms with van der Waals surface area (Å²) in [5, 5.41) is 11.8. The third-order valence-corrected chi connectivity index (χ3v) is 4.52. The number of nitrogens with two attached hydrogens (primary N) is 1. The number of non-ortho nitro benzene ring substituents is 1. The molecule has 24 heavy (non-hydrogen) atoms. The number of hydrogen-bond donors (Lipinski definition) is 1. The molecule has 2 aromatic carbocycles. The standard InChI is InChI=1S/C16H11Br2N3O3/c17-13-6-11(21(22)23)7-14(18)16(13)24-12-3-4-15-9(5-12)1-2-10(8-19)20-15/h1-7H,8,19H2. The van der Waals surface area contributed by atoms with E-state index in [1.807, 2.05) is 24.3 Å². The maximum Gasteiger partial charge on any atom is 0.271 e. The van der Waals surface area contributed by atoms with E-state index in [0.29, 0.717) is 27.0 Å². The quantitative estimate of drug-likeness (QED) is 0.448. The lowest BCUT2D eigenvalue weighted by Gasteiger charge is -2.11. The topological polar surface area (TPSA) is 91.3 Å². The van der Waals surface area contributed by atoms with Gasteiger partial charge in [-0.15, -0.1) is 0 Å². The van der Waals surface area contributed by atoms with E-state index in [4.69, 9.17) is 10.5 Å². The van der Waals surface area contributed by atoms with Crippen molar-refractivity contribution in [1.82, 2.24) is 4.98 Å². The number of halogens is 2. The fourth-order valence-corrected chi connectivity index (χ4v) is 3.51. The predicted octanol–water partition coefficient (Wildman–Crippen LogP) is 4.92. The van der Waals surface area contributed by atoms with E-state index >= 15 is 0 Å². The summed E-state index contributed by atoms with van der Waals surface area (Å²) in [5.41, 5.74) is 7.21. The summed E-state index contributed by atoms with van der Waals surface area (Å²) in [6.45, 7) is 0.386. The predicted molar refractivity (Wildman–Crippen MR) is 98.2 cm³/mol. The molecule has 6 nitrogen and oxygen atoms in total. The Hall–Kier alpha value is -2.03. The highest BCUT2D eigenvalue weighted by molar-refractivity contribution is 9.11. The highest BCUT2D eigenvalue weighted by atomic mass is 79.9. The Morgan fingerprint density at radius 3 is 2.46 bits per heavy atom. The zero-order valence-electron chi connectivity index (χ0n) is 12.2. The maximum absolute atomic E-state index is 10.9. The number of pyridine rings is 1. The summed E-state index contributed by atoms with van der Waals surface area (Å²) < 4.78 is 6.84. The molecule has 3 rings (SSSR count). The molecule has 0 atom stereocenters. The molecule has 1 heterocycles. The van der Waals surface area contributed by atoms with Gasteiger partial charge in [0.2, 0.25) is 0 Å². The van der Waals surface area contributed by atoms with Crippen molar-refractivity contribution in [3.05, 3.63) is 67.2 Å². The van der Waals surface area contributed by atoms with Crippen molar-refractivity contribution in [2.75, 3.05) is 0 Å². The lowest BCUT2D eigenvalue weighted by atomic mass is 10.2. The molecule has 0 saturated heterocycles. The Balaban J connectivity index is 1.96. The Morgan fingerprint density at radius 1 is 1.12 bits per heavy atom. The number of nitrogens with zero attached hydrogens (tertiary/aromatic N) is 2. The number of hydrogen-bond acceptors (Lipinski definition) is 5. The fourth-order valence-electron chi connectivity index (χ4n) is 2.19. The van der Waals surface area contributed by atoms with Crippen LogP contribution in [0.4, 0.5) is 5.69 Å². The SMILES string of the molecule is NCc1ccc2cc(Oc3c(Br)cc([N+](=O)[O-])cc3Br)ccc2n1. The molecule has 0 fully saturated rings. The fraction of sp³-hybridized carbons (Fsp3) is 0.0625. The van der Waals surface area contributed by atoms with Crippen LogP contribution in [-0.2, 0) is 6.54 Å². The van der Waals surface area contributed by atoms with E-state index in [1.54, 1.807) is 6.07 Å². The normalized spacial score (nSPS) is 10.8. The van der Waals surface area contributed by atoms with Gasteiger partial charge in [-0.05, 0) is 56.1 Å². The van der Waals surface area contributed by atoms with E-state index in [0.717, 1.165) is 16.6 Å². The van der Waals surface area contributed by atoms with Crippen LogP contribution in [0.2, 0.25) is 0 Å². The summed E-state index contributed by atoms with van der Waals surface area (Å²) in [4.78, 5) is 14.9. The smallest absolute Gasteiger partial charge is 0.271 e. The van der Waals surface area contributed by atoms with E-state index in [2.05, 4.69) is 36.8 Å². The highest BCUT2D eigenvalue weighted by Gasteiger charge is 2.16. The largest absolute Gasteiger partial charge is 0.455 e. The number of nitro groups is 1. The van der Waals surface area contributed by atoms with E-state index in [9.17, 15) is 10.1 Å². The van der Waals surface area contributed by atoms with Crippen LogP contribution in [0.3, 0.4) is 0 Å². The number of aromatic nitrogens is 1. The maximum atomic E-state index is 10.9. The summed E-state index contributed by atoms with van der Waals surface area (Å²) in [6.07, 6.45) is 0. The Labute approximate surface area is 154 Å². The average Bonchev–Trinajstić information content (AvgIpc) is 2.57. The number of rotatable bonds is 4. The van der Waals surface area contributed by atoms with Gasteiger partial charge in [-0.2, -0.15) is 0 Å². The van der Waals surface area contributed by atoms with Crippen LogP contribution in [-0.4, -0.2) is 9.91 Å². The van der Waals surface area contributed by atoms with Gasteiger partial charge < -0.3 is 10.5 Å². The van der Waals surface area contributed by atoms with Crippen LogP contribution >= 0.6 is 31.9 Å². The molecule has 0 saturated carbocycles. The molecule has 2 N–H and O–H groups in total. The first kappa shape index (κ1) is 16.8. The molecule has 0 radical (unpaired) electrons. The van der Waals surface area contributed by atoms with Crippen molar-refractivity contribution in [2.24, 2.45) is 5.73 Å². The Morgan fingerprint density at radius 2 is 1.83 bits per heavy atom. The molecule has 0 aliphatic carbocycles. The minimum absolute atomic E-state index is 0.0295. The lowest BCUT2D eigenvalue weighted by Crippen LogP contribution is -1.99. The van der Waals surface area contributed by atoms with Crippen LogP contribution in [0.25, 0.3) is 10.9 Å². The molecule has 3 aromatic rings. The van der Waals surface area contributed by atoms with Gasteiger partial charge in [-0.3, -0.25) is 15.1 Å². The average molecular weight is 453 g/mol. The van der Waals surface area contributed by atoms with E-state index in [1.165, 1.54) is 12.1 Å². The van der Waals surface area contributed by atoms with Gasteiger partial charge in [0.05, 0.1) is 25.1 Å². The lowest BCUT2D eigenvalue weighted by molar-refractivity contribution is -0.385. The summed E-state index contributed by atoms with van der Waals surface area (Å²) >= 11 is 6.61. The molecule has 0 aliphatic rings. The summed E-state index contributed by atoms with van der Waals surface area (Å²) in [5.74, 6) is 1.06. The first-order valence-corrected chi connectivity index (χ1v) is 8.47. The van der Waals surface area contributed by atoms with E-state index < -0.39 is 4.92 Å². The van der Waals surface area contributed by atoms with Crippen LogP contribution in [0.1, 0.15) is 5.69 Å². The van der Waals surface area contributed by atoms with Gasteiger partial charge in [0.15, 0.2) is 5.75 Å². The zero-order valence-corrected chi connectivity index (χ0v) is 15.4. The van der Waals surface area contributed by atoms with Crippen LogP contribution in [0.5, 0.6) is 11.5 Å². The van der Waals surface area contributed by atoms with Gasteiger partial charge in [-0.25, -0.2) is 0 Å². The summed E-state index contributed by atoms with van der Waals surface area (Å²) in [6, 6.07) is 12.1. The van der Waals surface area contributed by atoms with Crippen molar-refractivity contribution in [1.29, 1.82) is 0 Å². The molecule has 8 heteroatoms. The number of benzene rings is 2. The minimum Gasteiger partial charge on any atom is -0.455 e.